The molecule has 2 aliphatic rings. The van der Waals surface area contributed by atoms with Crippen LogP contribution in [-0.2, 0) is 11.3 Å². The third-order valence-corrected chi connectivity index (χ3v) is 5.66. The van der Waals surface area contributed by atoms with Gasteiger partial charge in [-0.1, -0.05) is 0 Å². The first kappa shape index (κ1) is 16.6. The molecule has 0 bridgehead atoms. The van der Waals surface area contributed by atoms with Crippen molar-refractivity contribution in [3.63, 3.8) is 0 Å². The molecule has 27 heavy (non-hydrogen) atoms. The molecule has 1 amide bonds. The average Bonchev–Trinajstić information content (AvgIpc) is 3.39. The molecule has 140 valence electrons. The Morgan fingerprint density at radius 3 is 3.00 bits per heavy atom. The number of amides is 1. The Labute approximate surface area is 157 Å². The second-order valence-corrected chi connectivity index (χ2v) is 7.45. The number of morpholine rings is 1. The van der Waals surface area contributed by atoms with Crippen LogP contribution in [0, 0.1) is 6.92 Å². The molecular formula is C21H23N3O3. The number of fused-ring (bicyclic) bond motifs is 2. The number of nitrogens with zero attached hydrogens (tertiary/aromatic N) is 2. The molecule has 0 radical (unpaired) electrons. The Bertz CT molecular complexity index is 976. The van der Waals surface area contributed by atoms with Gasteiger partial charge in [-0.3, -0.25) is 9.69 Å². The zero-order valence-corrected chi connectivity index (χ0v) is 15.4. The molecule has 1 N–H and O–H groups in total. The number of hydrogen-bond donors (Lipinski definition) is 1. The van der Waals surface area contributed by atoms with Crippen molar-refractivity contribution < 1.29 is 13.9 Å². The number of hydrogen-bond acceptors (Lipinski definition) is 4. The zero-order valence-electron chi connectivity index (χ0n) is 15.4. The number of nitrogens with one attached hydrogen (secondary N) is 1. The van der Waals surface area contributed by atoms with Crippen molar-refractivity contribution in [2.45, 2.75) is 25.6 Å². The topological polar surface area (TPSA) is 61.7 Å². The summed E-state index contributed by atoms with van der Waals surface area (Å²) in [6.45, 7) is 5.60. The highest BCUT2D eigenvalue weighted by molar-refractivity contribution is 5.98. The van der Waals surface area contributed by atoms with Crippen LogP contribution in [0.2, 0.25) is 0 Å². The number of ether oxygens (including phenoxy) is 1. The maximum Gasteiger partial charge on any atom is 0.254 e. The minimum atomic E-state index is 0.0646. The molecule has 4 heterocycles. The molecule has 2 saturated heterocycles. The molecule has 5 rings (SSSR count). The standard InChI is InChI=1S/C21H23N3O3/c1-14-2-4-17(27-14)11-23-8-9-26-20-13-24(12-19(20)23)21(25)16-3-5-18-15(10-16)6-7-22-18/h2-7,10,19-20,22H,8-9,11-13H2,1H3/t19-,20+/m0/s1. The van der Waals surface area contributed by atoms with Crippen LogP contribution in [0.25, 0.3) is 10.9 Å². The summed E-state index contributed by atoms with van der Waals surface area (Å²) in [7, 11) is 0. The van der Waals surface area contributed by atoms with Gasteiger partial charge in [-0.2, -0.15) is 0 Å². The predicted octanol–water partition coefficient (Wildman–Crippen LogP) is 2.79. The molecule has 2 atom stereocenters. The molecule has 2 aliphatic heterocycles. The number of aromatic amines is 1. The fourth-order valence-electron chi connectivity index (χ4n) is 4.26. The van der Waals surface area contributed by atoms with E-state index < -0.39 is 0 Å². The molecule has 2 aromatic heterocycles. The van der Waals surface area contributed by atoms with Crippen LogP contribution >= 0.6 is 0 Å². The number of carbonyl (C=O) groups excluding carboxylic acids is 1. The van der Waals surface area contributed by atoms with Gasteiger partial charge in [0.1, 0.15) is 11.5 Å². The molecule has 0 unspecified atom stereocenters. The molecule has 6 heteroatoms. The molecule has 0 spiro atoms. The van der Waals surface area contributed by atoms with E-state index in [-0.39, 0.29) is 18.1 Å². The van der Waals surface area contributed by atoms with E-state index in [1.54, 1.807) is 0 Å². The van der Waals surface area contributed by atoms with E-state index in [0.29, 0.717) is 19.7 Å². The zero-order chi connectivity index (χ0) is 18.4. The summed E-state index contributed by atoms with van der Waals surface area (Å²) in [6.07, 6.45) is 1.96. The SMILES string of the molecule is Cc1ccc(CN2CCO[C@@H]3CN(C(=O)c4ccc5[nH]ccc5c4)C[C@@H]32)o1. The number of likely N-dealkylation sites (tertiary alicyclic amines) is 1. The summed E-state index contributed by atoms with van der Waals surface area (Å²) in [4.78, 5) is 20.5. The molecule has 3 aromatic rings. The van der Waals surface area contributed by atoms with Crippen molar-refractivity contribution in [3.8, 4) is 0 Å². The third-order valence-electron chi connectivity index (χ3n) is 5.66. The number of H-pyrrole nitrogens is 1. The van der Waals surface area contributed by atoms with Gasteiger partial charge in [0.2, 0.25) is 0 Å². The summed E-state index contributed by atoms with van der Waals surface area (Å²) in [6, 6.07) is 12.1. The molecule has 2 fully saturated rings. The van der Waals surface area contributed by atoms with E-state index in [2.05, 4.69) is 9.88 Å². The molecule has 0 aliphatic carbocycles. The normalized spacial score (nSPS) is 23.1. The number of benzene rings is 1. The second kappa shape index (κ2) is 6.55. The Morgan fingerprint density at radius 2 is 2.15 bits per heavy atom. The van der Waals surface area contributed by atoms with Crippen molar-refractivity contribution in [3.05, 3.63) is 59.7 Å². The predicted molar refractivity (Wildman–Crippen MR) is 102 cm³/mol. The second-order valence-electron chi connectivity index (χ2n) is 7.45. The van der Waals surface area contributed by atoms with Crippen molar-refractivity contribution in [2.24, 2.45) is 0 Å². The van der Waals surface area contributed by atoms with Crippen molar-refractivity contribution >= 4 is 16.8 Å². The smallest absolute Gasteiger partial charge is 0.254 e. The van der Waals surface area contributed by atoms with Gasteiger partial charge in [0.05, 0.1) is 25.3 Å². The van der Waals surface area contributed by atoms with Gasteiger partial charge in [0.25, 0.3) is 5.91 Å². The van der Waals surface area contributed by atoms with E-state index in [9.17, 15) is 4.79 Å². The number of carbonyl (C=O) groups is 1. The summed E-state index contributed by atoms with van der Waals surface area (Å²) < 4.78 is 11.7. The molecule has 6 nitrogen and oxygen atoms in total. The first-order valence-electron chi connectivity index (χ1n) is 9.45. The van der Waals surface area contributed by atoms with Crippen LogP contribution in [0.3, 0.4) is 0 Å². The minimum Gasteiger partial charge on any atom is -0.465 e. The van der Waals surface area contributed by atoms with E-state index in [1.807, 2.05) is 54.4 Å². The lowest BCUT2D eigenvalue weighted by molar-refractivity contribution is -0.0522. The van der Waals surface area contributed by atoms with Crippen LogP contribution in [-0.4, -0.2) is 59.1 Å². The van der Waals surface area contributed by atoms with Gasteiger partial charge in [-0.15, -0.1) is 0 Å². The lowest BCUT2D eigenvalue weighted by Crippen LogP contribution is -2.50. The highest BCUT2D eigenvalue weighted by Crippen LogP contribution is 2.27. The Hall–Kier alpha value is -2.57. The van der Waals surface area contributed by atoms with Crippen LogP contribution < -0.4 is 0 Å². The Balaban J connectivity index is 1.33. The minimum absolute atomic E-state index is 0.0646. The third kappa shape index (κ3) is 3.05. The summed E-state index contributed by atoms with van der Waals surface area (Å²) in [5.74, 6) is 1.97. The number of aryl methyl sites for hydroxylation is 1. The van der Waals surface area contributed by atoms with Gasteiger partial charge in [0, 0.05) is 42.3 Å². The van der Waals surface area contributed by atoms with Crippen molar-refractivity contribution in [1.29, 1.82) is 0 Å². The highest BCUT2D eigenvalue weighted by Gasteiger charge is 2.42. The number of rotatable bonds is 3. The van der Waals surface area contributed by atoms with E-state index >= 15 is 0 Å². The first-order valence-corrected chi connectivity index (χ1v) is 9.45. The first-order chi connectivity index (χ1) is 13.2. The number of aromatic nitrogens is 1. The molecule has 0 saturated carbocycles. The van der Waals surface area contributed by atoms with Crippen LogP contribution in [0.4, 0.5) is 0 Å². The van der Waals surface area contributed by atoms with Crippen LogP contribution in [0.5, 0.6) is 0 Å². The Morgan fingerprint density at radius 1 is 1.22 bits per heavy atom. The van der Waals surface area contributed by atoms with Gasteiger partial charge in [0.15, 0.2) is 0 Å². The van der Waals surface area contributed by atoms with E-state index in [0.717, 1.165) is 41.1 Å². The van der Waals surface area contributed by atoms with Crippen LogP contribution in [0.1, 0.15) is 21.9 Å². The van der Waals surface area contributed by atoms with Gasteiger partial charge in [-0.25, -0.2) is 0 Å². The summed E-state index contributed by atoms with van der Waals surface area (Å²) in [5.41, 5.74) is 1.78. The van der Waals surface area contributed by atoms with Gasteiger partial charge < -0.3 is 19.0 Å². The fourth-order valence-corrected chi connectivity index (χ4v) is 4.26. The van der Waals surface area contributed by atoms with Crippen molar-refractivity contribution in [1.82, 2.24) is 14.8 Å². The number of furan rings is 1. The summed E-state index contributed by atoms with van der Waals surface area (Å²) in [5, 5.41) is 1.06. The monoisotopic (exact) mass is 365 g/mol. The Kier molecular flexibility index (Phi) is 4.02. The van der Waals surface area contributed by atoms with Gasteiger partial charge >= 0.3 is 0 Å². The van der Waals surface area contributed by atoms with Crippen LogP contribution in [0.15, 0.2) is 47.0 Å². The fraction of sp³-hybridized carbons (Fsp3) is 0.381. The average molecular weight is 365 g/mol. The van der Waals surface area contributed by atoms with Gasteiger partial charge in [-0.05, 0) is 43.3 Å². The molecular weight excluding hydrogens is 342 g/mol. The largest absolute Gasteiger partial charge is 0.465 e. The lowest BCUT2D eigenvalue weighted by atomic mass is 10.1. The molecule has 1 aromatic carbocycles. The van der Waals surface area contributed by atoms with Crippen molar-refractivity contribution in [2.75, 3.05) is 26.2 Å². The highest BCUT2D eigenvalue weighted by atomic mass is 16.5. The maximum atomic E-state index is 13.0. The lowest BCUT2D eigenvalue weighted by Gasteiger charge is -2.36. The maximum absolute atomic E-state index is 13.0. The quantitative estimate of drug-likeness (QED) is 0.775. The summed E-state index contributed by atoms with van der Waals surface area (Å²) >= 11 is 0. The van der Waals surface area contributed by atoms with E-state index in [1.165, 1.54) is 0 Å². The van der Waals surface area contributed by atoms with E-state index in [4.69, 9.17) is 9.15 Å².